The Balaban J connectivity index is 0.00000242. The highest BCUT2D eigenvalue weighted by molar-refractivity contribution is 5.95. The highest BCUT2D eigenvalue weighted by Crippen LogP contribution is 2.10. The maximum Gasteiger partial charge on any atom is 0.251 e. The van der Waals surface area contributed by atoms with Crippen molar-refractivity contribution in [3.63, 3.8) is 0 Å². The third kappa shape index (κ3) is 5.63. The second-order valence-electron chi connectivity index (χ2n) is 4.92. The molecule has 1 atom stereocenters. The normalized spacial score (nSPS) is 17.2. The fourth-order valence-corrected chi connectivity index (χ4v) is 2.15. The van der Waals surface area contributed by atoms with Crippen LogP contribution in [0.25, 0.3) is 0 Å². The summed E-state index contributed by atoms with van der Waals surface area (Å²) in [5.41, 5.74) is 1.27. The van der Waals surface area contributed by atoms with Gasteiger partial charge in [0.05, 0.1) is 13.2 Å². The minimum Gasteiger partial charge on any atom is -0.378 e. The standard InChI is InChI=1S/C15H21N3O3.ClH/c1-2-16-15(20)11-3-5-12(6-4-11)18-14(19)9-13-10-21-8-7-17-13;/h3-6,13,17H,2,7-10H2,1H3,(H,16,20)(H,18,19);1H. The van der Waals surface area contributed by atoms with E-state index in [2.05, 4.69) is 16.0 Å². The summed E-state index contributed by atoms with van der Waals surface area (Å²) in [6, 6.07) is 6.92. The van der Waals surface area contributed by atoms with Gasteiger partial charge in [0.2, 0.25) is 5.91 Å². The van der Waals surface area contributed by atoms with Gasteiger partial charge in [0, 0.05) is 36.8 Å². The van der Waals surface area contributed by atoms with Gasteiger partial charge < -0.3 is 20.7 Å². The van der Waals surface area contributed by atoms with E-state index in [0.717, 1.165) is 6.54 Å². The lowest BCUT2D eigenvalue weighted by Gasteiger charge is -2.23. The summed E-state index contributed by atoms with van der Waals surface area (Å²) in [6.45, 7) is 4.49. The van der Waals surface area contributed by atoms with Crippen molar-refractivity contribution in [1.82, 2.24) is 10.6 Å². The third-order valence-electron chi connectivity index (χ3n) is 3.20. The lowest BCUT2D eigenvalue weighted by atomic mass is 10.1. The molecule has 1 aromatic carbocycles. The van der Waals surface area contributed by atoms with Crippen LogP contribution in [-0.4, -0.2) is 44.2 Å². The van der Waals surface area contributed by atoms with E-state index in [1.165, 1.54) is 0 Å². The number of hydrogen-bond acceptors (Lipinski definition) is 4. The van der Waals surface area contributed by atoms with E-state index in [0.29, 0.717) is 37.4 Å². The van der Waals surface area contributed by atoms with Crippen molar-refractivity contribution in [2.45, 2.75) is 19.4 Å². The van der Waals surface area contributed by atoms with Crippen LogP contribution >= 0.6 is 12.4 Å². The molecule has 1 unspecified atom stereocenters. The van der Waals surface area contributed by atoms with Crippen LogP contribution in [0.4, 0.5) is 5.69 Å². The number of amides is 2. The number of morpholine rings is 1. The largest absolute Gasteiger partial charge is 0.378 e. The van der Waals surface area contributed by atoms with E-state index in [-0.39, 0.29) is 30.3 Å². The average molecular weight is 328 g/mol. The van der Waals surface area contributed by atoms with Gasteiger partial charge in [0.1, 0.15) is 0 Å². The van der Waals surface area contributed by atoms with E-state index < -0.39 is 0 Å². The monoisotopic (exact) mass is 327 g/mol. The van der Waals surface area contributed by atoms with Gasteiger partial charge in [-0.05, 0) is 31.2 Å². The predicted octanol–water partition coefficient (Wildman–Crippen LogP) is 1.18. The van der Waals surface area contributed by atoms with E-state index in [9.17, 15) is 9.59 Å². The molecule has 1 aliphatic rings. The van der Waals surface area contributed by atoms with E-state index in [1.807, 2.05) is 6.92 Å². The van der Waals surface area contributed by atoms with Crippen LogP contribution in [-0.2, 0) is 9.53 Å². The molecule has 0 aliphatic carbocycles. The van der Waals surface area contributed by atoms with Gasteiger partial charge in [-0.25, -0.2) is 0 Å². The molecule has 0 spiro atoms. The molecule has 2 rings (SSSR count). The summed E-state index contributed by atoms with van der Waals surface area (Å²) in [5, 5.41) is 8.78. The number of rotatable bonds is 5. The molecule has 1 aliphatic heterocycles. The van der Waals surface area contributed by atoms with Crippen molar-refractivity contribution in [3.8, 4) is 0 Å². The van der Waals surface area contributed by atoms with Gasteiger partial charge in [0.15, 0.2) is 0 Å². The smallest absolute Gasteiger partial charge is 0.251 e. The lowest BCUT2D eigenvalue weighted by molar-refractivity contribution is -0.117. The zero-order chi connectivity index (χ0) is 15.1. The Bertz CT molecular complexity index is 487. The fraction of sp³-hybridized carbons (Fsp3) is 0.467. The van der Waals surface area contributed by atoms with E-state index in [1.54, 1.807) is 24.3 Å². The Hall–Kier alpha value is -1.63. The maximum atomic E-state index is 11.9. The van der Waals surface area contributed by atoms with Crippen LogP contribution in [0.1, 0.15) is 23.7 Å². The van der Waals surface area contributed by atoms with Crippen LogP contribution in [0.3, 0.4) is 0 Å². The summed E-state index contributed by atoms with van der Waals surface area (Å²) in [4.78, 5) is 23.5. The topological polar surface area (TPSA) is 79.5 Å². The van der Waals surface area contributed by atoms with E-state index >= 15 is 0 Å². The number of anilines is 1. The number of ether oxygens (including phenoxy) is 1. The van der Waals surface area contributed by atoms with Gasteiger partial charge in [-0.15, -0.1) is 12.4 Å². The molecule has 7 heteroatoms. The average Bonchev–Trinajstić information content (AvgIpc) is 2.49. The summed E-state index contributed by atoms with van der Waals surface area (Å²) in [6.07, 6.45) is 0.373. The highest BCUT2D eigenvalue weighted by Gasteiger charge is 2.16. The Kier molecular flexibility index (Phi) is 7.87. The summed E-state index contributed by atoms with van der Waals surface area (Å²) in [7, 11) is 0. The molecule has 0 aromatic heterocycles. The molecular weight excluding hydrogens is 306 g/mol. The fourth-order valence-electron chi connectivity index (χ4n) is 2.15. The molecule has 0 saturated carbocycles. The van der Waals surface area contributed by atoms with Crippen molar-refractivity contribution in [2.75, 3.05) is 31.6 Å². The molecule has 1 aromatic rings. The second-order valence-corrected chi connectivity index (χ2v) is 4.92. The molecule has 1 heterocycles. The first-order chi connectivity index (χ1) is 10.2. The zero-order valence-electron chi connectivity index (χ0n) is 12.6. The van der Waals surface area contributed by atoms with Gasteiger partial charge in [-0.2, -0.15) is 0 Å². The minimum absolute atomic E-state index is 0. The van der Waals surface area contributed by atoms with Crippen LogP contribution in [0.15, 0.2) is 24.3 Å². The zero-order valence-corrected chi connectivity index (χ0v) is 13.4. The Morgan fingerprint density at radius 2 is 2.05 bits per heavy atom. The molecule has 3 N–H and O–H groups in total. The van der Waals surface area contributed by atoms with Gasteiger partial charge >= 0.3 is 0 Å². The predicted molar refractivity (Wildman–Crippen MR) is 87.6 cm³/mol. The van der Waals surface area contributed by atoms with Crippen LogP contribution < -0.4 is 16.0 Å². The Morgan fingerprint density at radius 1 is 1.32 bits per heavy atom. The minimum atomic E-state index is -0.112. The first-order valence-electron chi connectivity index (χ1n) is 7.18. The summed E-state index contributed by atoms with van der Waals surface area (Å²) < 4.78 is 5.31. The maximum absolute atomic E-state index is 11.9. The van der Waals surface area contributed by atoms with E-state index in [4.69, 9.17) is 4.74 Å². The summed E-state index contributed by atoms with van der Waals surface area (Å²) in [5.74, 6) is -0.178. The van der Waals surface area contributed by atoms with Crippen LogP contribution in [0.5, 0.6) is 0 Å². The molecular formula is C15H22ClN3O3. The lowest BCUT2D eigenvalue weighted by Crippen LogP contribution is -2.43. The quantitative estimate of drug-likeness (QED) is 0.758. The van der Waals surface area contributed by atoms with Gasteiger partial charge in [-0.3, -0.25) is 9.59 Å². The van der Waals surface area contributed by atoms with Crippen molar-refractivity contribution >= 4 is 29.9 Å². The highest BCUT2D eigenvalue weighted by atomic mass is 35.5. The molecule has 122 valence electrons. The summed E-state index contributed by atoms with van der Waals surface area (Å²) >= 11 is 0. The number of halogens is 1. The second kappa shape index (κ2) is 9.40. The molecule has 22 heavy (non-hydrogen) atoms. The molecule has 2 amide bonds. The Labute approximate surface area is 136 Å². The van der Waals surface area contributed by atoms with Gasteiger partial charge in [0.25, 0.3) is 5.91 Å². The van der Waals surface area contributed by atoms with Crippen molar-refractivity contribution < 1.29 is 14.3 Å². The van der Waals surface area contributed by atoms with Crippen LogP contribution in [0, 0.1) is 0 Å². The first kappa shape index (κ1) is 18.4. The molecule has 6 nitrogen and oxygen atoms in total. The number of benzene rings is 1. The third-order valence-corrected chi connectivity index (χ3v) is 3.20. The SMILES string of the molecule is CCNC(=O)c1ccc(NC(=O)CC2COCCN2)cc1.Cl. The van der Waals surface area contributed by atoms with Crippen molar-refractivity contribution in [1.29, 1.82) is 0 Å². The van der Waals surface area contributed by atoms with Gasteiger partial charge in [-0.1, -0.05) is 0 Å². The molecule has 1 fully saturated rings. The molecule has 0 bridgehead atoms. The Morgan fingerprint density at radius 3 is 2.64 bits per heavy atom. The number of hydrogen-bond donors (Lipinski definition) is 3. The van der Waals surface area contributed by atoms with Crippen molar-refractivity contribution in [3.05, 3.63) is 29.8 Å². The van der Waals surface area contributed by atoms with Crippen molar-refractivity contribution in [2.24, 2.45) is 0 Å². The molecule has 1 saturated heterocycles. The van der Waals surface area contributed by atoms with Crippen LogP contribution in [0.2, 0.25) is 0 Å². The number of carbonyl (C=O) groups is 2. The number of carbonyl (C=O) groups excluding carboxylic acids is 2. The number of nitrogens with one attached hydrogen (secondary N) is 3. The first-order valence-corrected chi connectivity index (χ1v) is 7.18. The molecule has 0 radical (unpaired) electrons.